The molecule has 0 aliphatic heterocycles. The van der Waals surface area contributed by atoms with Crippen LogP contribution >= 0.6 is 34.0 Å². The van der Waals surface area contributed by atoms with E-state index < -0.39 is 0 Å². The van der Waals surface area contributed by atoms with E-state index in [1.54, 1.807) is 0 Å². The Morgan fingerprint density at radius 1 is 0.474 bits per heavy atom. The molecule has 0 aromatic carbocycles. The summed E-state index contributed by atoms with van der Waals surface area (Å²) < 4.78 is 4.66. The predicted octanol–water partition coefficient (Wildman–Crippen LogP) is 8.73. The van der Waals surface area contributed by atoms with Crippen LogP contribution in [0.15, 0.2) is 59.0 Å². The lowest BCUT2D eigenvalue weighted by Gasteiger charge is -2.17. The molecule has 2 aliphatic rings. The molecule has 4 rings (SSSR count). The van der Waals surface area contributed by atoms with Crippen molar-refractivity contribution in [1.82, 2.24) is 9.13 Å². The van der Waals surface area contributed by atoms with Crippen LogP contribution < -0.4 is 10.7 Å². The average Bonchev–Trinajstić information content (AvgIpc) is 2.93. The lowest BCUT2D eigenvalue weighted by molar-refractivity contribution is 0.437. The third kappa shape index (κ3) is 12.8. The molecular formula is C32H52Br2N4. The van der Waals surface area contributed by atoms with Crippen molar-refractivity contribution in [2.45, 2.75) is 141 Å². The van der Waals surface area contributed by atoms with Crippen LogP contribution in [-0.4, -0.2) is 21.2 Å². The summed E-state index contributed by atoms with van der Waals surface area (Å²) in [5.41, 5.74) is 0. The van der Waals surface area contributed by atoms with Crippen molar-refractivity contribution in [2.75, 3.05) is 0 Å². The second-order valence-electron chi connectivity index (χ2n) is 11.3. The van der Waals surface area contributed by atoms with Crippen molar-refractivity contribution in [3.63, 3.8) is 0 Å². The molecule has 0 bridgehead atoms. The fourth-order valence-electron chi connectivity index (χ4n) is 5.86. The molecule has 0 saturated heterocycles. The summed E-state index contributed by atoms with van der Waals surface area (Å²) in [6, 6.07) is 9.93. The molecule has 2 aromatic heterocycles. The number of aromatic nitrogens is 2. The van der Waals surface area contributed by atoms with Crippen molar-refractivity contribution < 1.29 is 0 Å². The molecule has 2 aromatic rings. The molecule has 0 N–H and O–H groups in total. The van der Waals surface area contributed by atoms with Crippen molar-refractivity contribution in [3.05, 3.63) is 59.8 Å². The highest BCUT2D eigenvalue weighted by atomic mass is 79.9. The largest absolute Gasteiger partial charge is 0.354 e. The van der Waals surface area contributed by atoms with Gasteiger partial charge < -0.3 is 9.13 Å². The van der Waals surface area contributed by atoms with Gasteiger partial charge in [-0.2, -0.15) is 0 Å². The number of hydrogen-bond donors (Lipinski definition) is 0. The molecule has 2 aliphatic carbocycles. The molecule has 6 heteroatoms. The van der Waals surface area contributed by atoms with Crippen molar-refractivity contribution in [3.8, 4) is 0 Å². The molecule has 0 unspecified atom stereocenters. The molecule has 0 radical (unpaired) electrons. The standard InChI is InChI=1S/C32H50N4.2BrH/c1(3-5-13-23-35-25-19-31(20-26-35)33-29-15-9-7-10-16-29)2-4-6-14-24-36-27-21-32(22-28-36)34-30-17-11-8-12-18-30;;/h19-22,25-30H,1-18,23-24H2;2*1H. The monoisotopic (exact) mass is 650 g/mol. The fourth-order valence-corrected chi connectivity index (χ4v) is 5.86. The molecule has 4 nitrogen and oxygen atoms in total. The number of pyridine rings is 2. The summed E-state index contributed by atoms with van der Waals surface area (Å²) in [7, 11) is 0. The minimum Gasteiger partial charge on any atom is -0.354 e. The Labute approximate surface area is 252 Å². The van der Waals surface area contributed by atoms with Crippen molar-refractivity contribution in [2.24, 2.45) is 9.98 Å². The van der Waals surface area contributed by atoms with E-state index in [0.29, 0.717) is 12.1 Å². The van der Waals surface area contributed by atoms with E-state index in [1.807, 2.05) is 0 Å². The van der Waals surface area contributed by atoms with E-state index in [2.05, 4.69) is 58.2 Å². The Bertz CT molecular complexity index is 879. The van der Waals surface area contributed by atoms with Crippen molar-refractivity contribution in [1.29, 1.82) is 0 Å². The van der Waals surface area contributed by atoms with Gasteiger partial charge in [0.05, 0.1) is 22.8 Å². The Balaban J connectivity index is 0.00000253. The van der Waals surface area contributed by atoms with Crippen LogP contribution in [-0.2, 0) is 13.1 Å². The quantitative estimate of drug-likeness (QED) is 0.194. The summed E-state index contributed by atoms with van der Waals surface area (Å²) >= 11 is 0. The Morgan fingerprint density at radius 2 is 0.789 bits per heavy atom. The zero-order valence-corrected chi connectivity index (χ0v) is 26.9. The molecular weight excluding hydrogens is 600 g/mol. The maximum Gasteiger partial charge on any atom is 0.0606 e. The van der Waals surface area contributed by atoms with Gasteiger partial charge in [0.25, 0.3) is 0 Å². The normalized spacial score (nSPS) is 16.3. The van der Waals surface area contributed by atoms with E-state index >= 15 is 0 Å². The van der Waals surface area contributed by atoms with Gasteiger partial charge in [-0.25, -0.2) is 0 Å². The number of halogens is 2. The maximum absolute atomic E-state index is 4.93. The third-order valence-corrected chi connectivity index (χ3v) is 8.14. The maximum atomic E-state index is 4.93. The van der Waals surface area contributed by atoms with Gasteiger partial charge in [0.1, 0.15) is 0 Å². The fraction of sp³-hybridized carbons (Fsp3) is 0.688. The number of nitrogens with zero attached hydrogens (tertiary/aromatic N) is 4. The van der Waals surface area contributed by atoms with Crippen LogP contribution in [0.4, 0.5) is 0 Å². The van der Waals surface area contributed by atoms with Gasteiger partial charge >= 0.3 is 0 Å². The first-order chi connectivity index (χ1) is 17.8. The smallest absolute Gasteiger partial charge is 0.0606 e. The van der Waals surface area contributed by atoms with Crippen LogP contribution in [0, 0.1) is 0 Å². The third-order valence-electron chi connectivity index (χ3n) is 8.14. The summed E-state index contributed by atoms with van der Waals surface area (Å²) in [5.74, 6) is 0. The second kappa shape index (κ2) is 19.8. The molecule has 2 heterocycles. The van der Waals surface area contributed by atoms with Crippen LogP contribution in [0.3, 0.4) is 0 Å². The zero-order valence-electron chi connectivity index (χ0n) is 23.5. The molecule has 0 atom stereocenters. The van der Waals surface area contributed by atoms with E-state index in [-0.39, 0.29) is 34.0 Å². The first-order valence-corrected chi connectivity index (χ1v) is 15.2. The van der Waals surface area contributed by atoms with Gasteiger partial charge in [-0.05, 0) is 62.8 Å². The first kappa shape index (κ1) is 33.1. The SMILES string of the molecule is Br.Br.c1cn(CCCCCCCCCCn2ccc(=NC3CCCCC3)cc2)ccc1=NC1CCCCC1. The Morgan fingerprint density at radius 3 is 1.13 bits per heavy atom. The van der Waals surface area contributed by atoms with E-state index in [9.17, 15) is 0 Å². The lowest BCUT2D eigenvalue weighted by Crippen LogP contribution is -2.15. The van der Waals surface area contributed by atoms with Crippen molar-refractivity contribution >= 4 is 34.0 Å². The first-order valence-electron chi connectivity index (χ1n) is 15.2. The minimum atomic E-state index is 0. The van der Waals surface area contributed by atoms with Crippen LogP contribution in [0.5, 0.6) is 0 Å². The predicted molar refractivity (Wildman–Crippen MR) is 171 cm³/mol. The molecule has 0 amide bonds. The van der Waals surface area contributed by atoms with Gasteiger partial charge in [-0.1, -0.05) is 77.0 Å². The van der Waals surface area contributed by atoms with Gasteiger partial charge in [-0.3, -0.25) is 9.98 Å². The summed E-state index contributed by atoms with van der Waals surface area (Å²) in [6.07, 6.45) is 33.0. The average molecular weight is 653 g/mol. The lowest BCUT2D eigenvalue weighted by atomic mass is 9.96. The molecule has 2 fully saturated rings. The van der Waals surface area contributed by atoms with E-state index in [0.717, 1.165) is 13.1 Å². The molecule has 0 spiro atoms. The number of aryl methyl sites for hydroxylation is 2. The number of unbranched alkanes of at least 4 members (excludes halogenated alkanes) is 7. The highest BCUT2D eigenvalue weighted by Crippen LogP contribution is 2.20. The Hall–Kier alpha value is -1.14. The minimum absolute atomic E-state index is 0. The van der Waals surface area contributed by atoms with Crippen LogP contribution in [0.2, 0.25) is 0 Å². The number of rotatable bonds is 13. The summed E-state index contributed by atoms with van der Waals surface area (Å²) in [5, 5.41) is 2.33. The number of hydrogen-bond acceptors (Lipinski definition) is 2. The Kier molecular flexibility index (Phi) is 17.3. The molecule has 38 heavy (non-hydrogen) atoms. The van der Waals surface area contributed by atoms with Crippen LogP contribution in [0.25, 0.3) is 0 Å². The van der Waals surface area contributed by atoms with E-state index in [4.69, 9.17) is 9.98 Å². The second-order valence-corrected chi connectivity index (χ2v) is 11.3. The van der Waals surface area contributed by atoms with Gasteiger partial charge in [0.15, 0.2) is 0 Å². The molecule has 214 valence electrons. The van der Waals surface area contributed by atoms with Crippen LogP contribution in [0.1, 0.15) is 116 Å². The van der Waals surface area contributed by atoms with Gasteiger partial charge in [-0.15, -0.1) is 34.0 Å². The summed E-state index contributed by atoms with van der Waals surface area (Å²) in [6.45, 7) is 2.27. The topological polar surface area (TPSA) is 34.6 Å². The summed E-state index contributed by atoms with van der Waals surface area (Å²) in [4.78, 5) is 9.86. The highest BCUT2D eigenvalue weighted by molar-refractivity contribution is 8.93. The van der Waals surface area contributed by atoms with Gasteiger partial charge in [0.2, 0.25) is 0 Å². The van der Waals surface area contributed by atoms with Gasteiger partial charge in [0, 0.05) is 37.9 Å². The zero-order chi connectivity index (χ0) is 24.7. The highest BCUT2D eigenvalue weighted by Gasteiger charge is 2.11. The van der Waals surface area contributed by atoms with E-state index in [1.165, 1.54) is 126 Å². The molecule has 2 saturated carbocycles.